The van der Waals surface area contributed by atoms with Crippen molar-refractivity contribution < 1.29 is 63.5 Å². The molecule has 1 aliphatic rings. The Morgan fingerprint density at radius 3 is 1.77 bits per heavy atom. The van der Waals surface area contributed by atoms with Crippen LogP contribution in [0.1, 0.15) is 163 Å². The van der Waals surface area contributed by atoms with Gasteiger partial charge in [-0.3, -0.25) is 28.8 Å². The van der Waals surface area contributed by atoms with Gasteiger partial charge in [0, 0.05) is 26.3 Å². The molecule has 0 radical (unpaired) electrons. The molecule has 1 rings (SSSR count). The molecule has 0 aliphatic carbocycles. The van der Waals surface area contributed by atoms with Crippen LogP contribution in [-0.4, -0.2) is 130 Å². The Bertz CT molecular complexity index is 1360. The van der Waals surface area contributed by atoms with Gasteiger partial charge in [0.25, 0.3) is 0 Å². The molecule has 9 atom stereocenters. The van der Waals surface area contributed by atoms with Gasteiger partial charge in [-0.05, 0) is 46.0 Å². The average molecular weight is 887 g/mol. The first-order valence-corrected chi connectivity index (χ1v) is 22.8. The highest BCUT2D eigenvalue weighted by Gasteiger charge is 2.47. The van der Waals surface area contributed by atoms with E-state index < -0.39 is 97.0 Å². The summed E-state index contributed by atoms with van der Waals surface area (Å²) in [6.45, 7) is 5.65. The third kappa shape index (κ3) is 24.1. The first kappa shape index (κ1) is 56.1. The second-order valence-corrected chi connectivity index (χ2v) is 16.4. The summed E-state index contributed by atoms with van der Waals surface area (Å²) < 4.78 is 10.8. The lowest BCUT2D eigenvalue weighted by atomic mass is 9.96. The fourth-order valence-electron chi connectivity index (χ4n) is 7.16. The molecule has 1 fully saturated rings. The Morgan fingerprint density at radius 2 is 1.26 bits per heavy atom. The minimum Gasteiger partial charge on any atom is -0.480 e. The second-order valence-electron chi connectivity index (χ2n) is 16.4. The van der Waals surface area contributed by atoms with Crippen LogP contribution in [0.3, 0.4) is 0 Å². The van der Waals surface area contributed by atoms with Crippen molar-refractivity contribution in [3.63, 3.8) is 0 Å². The number of hydrogen-bond acceptors (Lipinski definition) is 12. The zero-order valence-electron chi connectivity index (χ0n) is 37.5. The number of primary amides is 1. The Morgan fingerprint density at radius 1 is 0.694 bits per heavy atom. The number of aliphatic carboxylic acids is 1. The molecule has 1 aliphatic heterocycles. The molecule has 11 N–H and O–H groups in total. The highest BCUT2D eigenvalue weighted by Crippen LogP contribution is 2.24. The molecule has 6 amide bonds. The zero-order valence-corrected chi connectivity index (χ0v) is 37.5. The first-order valence-electron chi connectivity index (χ1n) is 22.8. The summed E-state index contributed by atoms with van der Waals surface area (Å²) >= 11 is 0. The normalized spacial score (nSPS) is 20.5. The maximum atomic E-state index is 12.9. The Labute approximate surface area is 367 Å². The number of carbonyl (C=O) groups is 7. The SMILES string of the molecule is CCCCCCCCCCCCCCCCCC(=O)NCCCC[C@H](NC(=O)CC[C@@H](NC(=O)[C@H](C)NC(=O)[C@@H](C)O[C@H]1[C@H](O)[C@@H](CO)O[C@H](O)[C@@H]1NC(C)=O)C(N)=O)C(=O)O. The number of nitrogens with one attached hydrogen (secondary N) is 5. The number of rotatable bonds is 35. The van der Waals surface area contributed by atoms with Crippen molar-refractivity contribution in [3.05, 3.63) is 0 Å². The lowest BCUT2D eigenvalue weighted by Crippen LogP contribution is -2.65. The summed E-state index contributed by atoms with van der Waals surface area (Å²) in [5.41, 5.74) is 5.45. The lowest BCUT2D eigenvalue weighted by molar-refractivity contribution is -0.266. The minimum atomic E-state index is -1.68. The Hall–Kier alpha value is -3.91. The third-order valence-electron chi connectivity index (χ3n) is 10.9. The van der Waals surface area contributed by atoms with Crippen molar-refractivity contribution in [2.75, 3.05) is 13.2 Å². The van der Waals surface area contributed by atoms with Crippen LogP contribution in [0, 0.1) is 0 Å². The maximum Gasteiger partial charge on any atom is 0.326 e. The van der Waals surface area contributed by atoms with Crippen molar-refractivity contribution in [1.29, 1.82) is 0 Å². The summed E-state index contributed by atoms with van der Waals surface area (Å²) in [6, 6.07) is -5.14. The van der Waals surface area contributed by atoms with Crippen LogP contribution in [0.4, 0.5) is 0 Å². The molecular formula is C43H78N6O13. The standard InChI is InChI=1S/C43H78N6O13/c1-5-6-7-8-9-10-11-12-13-14-15-16-17-18-19-23-34(52)45-26-21-20-22-32(42(58)59)48-35(53)25-24-31(39(44)55)49-40(56)28(2)46-41(57)29(3)61-38-36(47-30(4)51)43(60)62-33(27-50)37(38)54/h28-29,31-33,36-38,43,50,54,60H,5-27H2,1-4H3,(H2,44,55)(H,45,52)(H,46,57)(H,47,51)(H,48,53)(H,49,56)(H,58,59)/t28-,29+,31+,32-,33+,36+,37+,38+,43-/m0/s1. The quantitative estimate of drug-likeness (QED) is 0.0406. The number of unbranched alkanes of at least 4 members (excludes halogenated alkanes) is 15. The molecule has 0 unspecified atom stereocenters. The van der Waals surface area contributed by atoms with E-state index >= 15 is 0 Å². The molecular weight excluding hydrogens is 809 g/mol. The van der Waals surface area contributed by atoms with E-state index in [-0.39, 0.29) is 25.2 Å². The van der Waals surface area contributed by atoms with Gasteiger partial charge in [-0.25, -0.2) is 4.79 Å². The Balaban J connectivity index is 2.36. The van der Waals surface area contributed by atoms with E-state index in [1.54, 1.807) is 0 Å². The molecule has 1 heterocycles. The molecule has 0 saturated carbocycles. The highest BCUT2D eigenvalue weighted by molar-refractivity contribution is 5.92. The number of nitrogens with two attached hydrogens (primary N) is 1. The van der Waals surface area contributed by atoms with Gasteiger partial charge in [-0.15, -0.1) is 0 Å². The molecule has 19 heteroatoms. The van der Waals surface area contributed by atoms with Crippen LogP contribution < -0.4 is 32.3 Å². The van der Waals surface area contributed by atoms with Gasteiger partial charge in [-0.1, -0.05) is 96.8 Å². The Kier molecular flexibility index (Phi) is 29.6. The number of carboxylic acid groups (broad SMARTS) is 1. The highest BCUT2D eigenvalue weighted by atomic mass is 16.6. The summed E-state index contributed by atoms with van der Waals surface area (Å²) in [6.07, 6.45) is 12.3. The van der Waals surface area contributed by atoms with Gasteiger partial charge < -0.3 is 62.2 Å². The van der Waals surface area contributed by atoms with Gasteiger partial charge in [0.2, 0.25) is 35.4 Å². The molecule has 0 aromatic carbocycles. The monoisotopic (exact) mass is 887 g/mol. The third-order valence-corrected chi connectivity index (χ3v) is 10.9. The molecule has 19 nitrogen and oxygen atoms in total. The van der Waals surface area contributed by atoms with Crippen LogP contribution in [0.25, 0.3) is 0 Å². The summed E-state index contributed by atoms with van der Waals surface area (Å²) in [4.78, 5) is 86.4. The van der Waals surface area contributed by atoms with Gasteiger partial charge in [0.1, 0.15) is 48.6 Å². The van der Waals surface area contributed by atoms with E-state index in [2.05, 4.69) is 33.5 Å². The van der Waals surface area contributed by atoms with E-state index in [4.69, 9.17) is 15.2 Å². The molecule has 0 spiro atoms. The topological polar surface area (TPSA) is 305 Å². The van der Waals surface area contributed by atoms with E-state index in [1.807, 2.05) is 0 Å². The largest absolute Gasteiger partial charge is 0.480 e. The van der Waals surface area contributed by atoms with Gasteiger partial charge in [0.05, 0.1) is 6.61 Å². The smallest absolute Gasteiger partial charge is 0.326 e. The van der Waals surface area contributed by atoms with Crippen molar-refractivity contribution in [3.8, 4) is 0 Å². The van der Waals surface area contributed by atoms with E-state index in [1.165, 1.54) is 90.9 Å². The van der Waals surface area contributed by atoms with E-state index in [9.17, 15) is 54.0 Å². The average Bonchev–Trinajstić information content (AvgIpc) is 3.22. The summed E-state index contributed by atoms with van der Waals surface area (Å²) in [5.74, 6) is -5.26. The van der Waals surface area contributed by atoms with Crippen molar-refractivity contribution >= 4 is 41.4 Å². The number of ether oxygens (including phenoxy) is 2. The van der Waals surface area contributed by atoms with Gasteiger partial charge in [-0.2, -0.15) is 0 Å². The first-order chi connectivity index (χ1) is 29.5. The number of aliphatic hydroxyl groups excluding tert-OH is 3. The fourth-order valence-corrected chi connectivity index (χ4v) is 7.16. The number of carbonyl (C=O) groups excluding carboxylic acids is 6. The molecule has 0 aromatic rings. The zero-order chi connectivity index (χ0) is 46.5. The fraction of sp³-hybridized carbons (Fsp3) is 0.837. The summed E-state index contributed by atoms with van der Waals surface area (Å²) in [5, 5.41) is 52.5. The molecule has 0 bridgehead atoms. The predicted molar refractivity (Wildman–Crippen MR) is 230 cm³/mol. The maximum absolute atomic E-state index is 12.9. The van der Waals surface area contributed by atoms with Crippen LogP contribution in [-0.2, 0) is 43.0 Å². The molecule has 1 saturated heterocycles. The molecule has 358 valence electrons. The van der Waals surface area contributed by atoms with Crippen LogP contribution in [0.2, 0.25) is 0 Å². The van der Waals surface area contributed by atoms with Gasteiger partial charge >= 0.3 is 5.97 Å². The lowest BCUT2D eigenvalue weighted by Gasteiger charge is -2.43. The molecule has 62 heavy (non-hydrogen) atoms. The van der Waals surface area contributed by atoms with Crippen molar-refractivity contribution in [2.45, 2.75) is 217 Å². The van der Waals surface area contributed by atoms with Crippen LogP contribution in [0.15, 0.2) is 0 Å². The number of carboxylic acids is 1. The van der Waals surface area contributed by atoms with Crippen molar-refractivity contribution in [1.82, 2.24) is 26.6 Å². The second kappa shape index (κ2) is 32.7. The van der Waals surface area contributed by atoms with E-state index in [0.717, 1.165) is 26.2 Å². The summed E-state index contributed by atoms with van der Waals surface area (Å²) in [7, 11) is 0. The van der Waals surface area contributed by atoms with Crippen LogP contribution in [0.5, 0.6) is 0 Å². The van der Waals surface area contributed by atoms with Crippen molar-refractivity contribution in [2.24, 2.45) is 5.73 Å². The molecule has 0 aromatic heterocycles. The minimum absolute atomic E-state index is 0.0393. The number of amides is 6. The number of aliphatic hydroxyl groups is 3. The van der Waals surface area contributed by atoms with E-state index in [0.29, 0.717) is 25.8 Å². The van der Waals surface area contributed by atoms with Crippen LogP contribution >= 0.6 is 0 Å². The predicted octanol–water partition coefficient (Wildman–Crippen LogP) is 1.71. The van der Waals surface area contributed by atoms with Gasteiger partial charge in [0.15, 0.2) is 6.29 Å². The number of hydrogen-bond donors (Lipinski definition) is 10.